The van der Waals surface area contributed by atoms with Crippen molar-refractivity contribution in [1.29, 1.82) is 0 Å². The van der Waals surface area contributed by atoms with Crippen molar-refractivity contribution in [2.45, 2.75) is 0 Å². The minimum Gasteiger partial charge on any atom is -0.456 e. The summed E-state index contributed by atoms with van der Waals surface area (Å²) in [5, 5.41) is 7.81. The molecule has 210 valence electrons. The van der Waals surface area contributed by atoms with Crippen molar-refractivity contribution in [1.82, 2.24) is 9.97 Å². The number of hydrogen-bond donors (Lipinski definition) is 0. The number of furan rings is 1. The number of aromatic nitrogens is 2. The topological polar surface area (TPSA) is 45.4 Å². The molecule has 7 aromatic carbocycles. The maximum atomic E-state index is 6.23. The van der Waals surface area contributed by atoms with Crippen LogP contribution in [-0.2, 0) is 0 Å². The van der Waals surface area contributed by atoms with Gasteiger partial charge < -0.3 is 9.32 Å². The van der Waals surface area contributed by atoms with Gasteiger partial charge in [-0.15, -0.1) is 0 Å². The van der Waals surface area contributed by atoms with E-state index in [1.165, 1.54) is 5.39 Å². The molecule has 0 unspecified atom stereocenters. The number of nitrogens with zero attached hydrogens (tertiary/aromatic N) is 4. The third-order valence-corrected chi connectivity index (χ3v) is 8.98. The van der Waals surface area contributed by atoms with Crippen molar-refractivity contribution in [2.24, 2.45) is 0 Å². The molecule has 0 spiro atoms. The Kier molecular flexibility index (Phi) is 4.93. The molecule has 3 heterocycles. The first-order valence-corrected chi connectivity index (χ1v) is 15.1. The molecule has 0 amide bonds. The highest BCUT2D eigenvalue weighted by molar-refractivity contribution is 6.17. The Morgan fingerprint density at radius 2 is 1.07 bits per heavy atom. The molecule has 1 aliphatic heterocycles. The molecule has 0 fully saturated rings. The predicted molar refractivity (Wildman–Crippen MR) is 185 cm³/mol. The first-order valence-electron chi connectivity index (χ1n) is 15.1. The van der Waals surface area contributed by atoms with E-state index < -0.39 is 0 Å². The van der Waals surface area contributed by atoms with E-state index in [9.17, 15) is 0 Å². The summed E-state index contributed by atoms with van der Waals surface area (Å²) in [5.74, 6) is 0.638. The summed E-state index contributed by atoms with van der Waals surface area (Å²) in [5.41, 5.74) is 7.93. The second-order valence-corrected chi connectivity index (χ2v) is 11.5. The van der Waals surface area contributed by atoms with E-state index in [-0.39, 0.29) is 0 Å². The lowest BCUT2D eigenvalue weighted by Crippen LogP contribution is -2.25. The molecule has 0 radical (unpaired) electrons. The van der Waals surface area contributed by atoms with Gasteiger partial charge in [0, 0.05) is 38.8 Å². The standard InChI is InChI=1S/C40H24N4O/c1-4-12-29-25(9-1)18-21-35-38(29)43(28-19-22-37-32(23-28)31-14-6-8-16-36(31)45-37)34-20-17-26-10-2-5-13-30(26)39(34)44(35)40-41-24-27-11-3-7-15-33(27)42-40/h1-24H. The maximum absolute atomic E-state index is 6.23. The quantitative estimate of drug-likeness (QED) is 0.205. The van der Waals surface area contributed by atoms with Gasteiger partial charge in [0.15, 0.2) is 0 Å². The second-order valence-electron chi connectivity index (χ2n) is 11.5. The molecule has 1 aliphatic rings. The lowest BCUT2D eigenvalue weighted by molar-refractivity contribution is 0.669. The van der Waals surface area contributed by atoms with E-state index in [4.69, 9.17) is 14.4 Å². The van der Waals surface area contributed by atoms with Crippen LogP contribution in [0.4, 0.5) is 34.4 Å². The number of hydrogen-bond acceptors (Lipinski definition) is 5. The number of benzene rings is 7. The van der Waals surface area contributed by atoms with Crippen LogP contribution < -0.4 is 9.80 Å². The maximum Gasteiger partial charge on any atom is 0.235 e. The minimum absolute atomic E-state index is 0.638. The normalized spacial score (nSPS) is 12.8. The third-order valence-electron chi connectivity index (χ3n) is 8.98. The van der Waals surface area contributed by atoms with Gasteiger partial charge in [-0.1, -0.05) is 97.1 Å². The molecule has 5 nitrogen and oxygen atoms in total. The number of anilines is 6. The van der Waals surface area contributed by atoms with Gasteiger partial charge in [-0.3, -0.25) is 4.90 Å². The monoisotopic (exact) mass is 576 g/mol. The molecule has 0 atom stereocenters. The largest absolute Gasteiger partial charge is 0.456 e. The average Bonchev–Trinajstić information content (AvgIpc) is 3.48. The van der Waals surface area contributed by atoms with Gasteiger partial charge in [0.2, 0.25) is 5.95 Å². The molecule has 9 aromatic rings. The van der Waals surface area contributed by atoms with Crippen LogP contribution in [0.5, 0.6) is 0 Å². The van der Waals surface area contributed by atoms with Crippen LogP contribution >= 0.6 is 0 Å². The first-order chi connectivity index (χ1) is 22.3. The molecule has 0 bridgehead atoms. The summed E-state index contributed by atoms with van der Waals surface area (Å²) in [6.07, 6.45) is 1.92. The molecule has 0 saturated carbocycles. The summed E-state index contributed by atoms with van der Waals surface area (Å²) in [4.78, 5) is 14.7. The number of fused-ring (bicyclic) bond motifs is 10. The van der Waals surface area contributed by atoms with Crippen LogP contribution in [0, 0.1) is 0 Å². The van der Waals surface area contributed by atoms with E-state index >= 15 is 0 Å². The predicted octanol–water partition coefficient (Wildman–Crippen LogP) is 11.1. The van der Waals surface area contributed by atoms with Gasteiger partial charge in [-0.25, -0.2) is 9.97 Å². The van der Waals surface area contributed by atoms with Crippen molar-refractivity contribution >= 4 is 88.8 Å². The summed E-state index contributed by atoms with van der Waals surface area (Å²) in [6.45, 7) is 0. The number of rotatable bonds is 2. The van der Waals surface area contributed by atoms with Crippen LogP contribution in [0.2, 0.25) is 0 Å². The van der Waals surface area contributed by atoms with Crippen LogP contribution in [0.15, 0.2) is 150 Å². The first kappa shape index (κ1) is 24.3. The zero-order chi connectivity index (χ0) is 29.5. The molecular weight excluding hydrogens is 552 g/mol. The van der Waals surface area contributed by atoms with Crippen molar-refractivity contribution in [3.8, 4) is 0 Å². The smallest absolute Gasteiger partial charge is 0.235 e. The van der Waals surface area contributed by atoms with Crippen molar-refractivity contribution in [3.05, 3.63) is 146 Å². The summed E-state index contributed by atoms with van der Waals surface area (Å²) >= 11 is 0. The lowest BCUT2D eigenvalue weighted by atomic mass is 9.97. The zero-order valence-electron chi connectivity index (χ0n) is 24.1. The molecule has 5 heteroatoms. The molecule has 0 saturated heterocycles. The van der Waals surface area contributed by atoms with E-state index in [1.54, 1.807) is 0 Å². The highest BCUT2D eigenvalue weighted by Gasteiger charge is 2.35. The van der Waals surface area contributed by atoms with Gasteiger partial charge in [0.1, 0.15) is 11.2 Å². The van der Waals surface area contributed by atoms with Gasteiger partial charge in [0.25, 0.3) is 0 Å². The second kappa shape index (κ2) is 9.15. The van der Waals surface area contributed by atoms with Crippen LogP contribution in [0.25, 0.3) is 54.4 Å². The highest BCUT2D eigenvalue weighted by atomic mass is 16.3. The van der Waals surface area contributed by atoms with Crippen LogP contribution in [0.3, 0.4) is 0 Å². The Morgan fingerprint density at radius 3 is 1.84 bits per heavy atom. The minimum atomic E-state index is 0.638. The van der Waals surface area contributed by atoms with Gasteiger partial charge in [-0.2, -0.15) is 0 Å². The summed E-state index contributed by atoms with van der Waals surface area (Å²) < 4.78 is 6.23. The average molecular weight is 577 g/mol. The number of para-hydroxylation sites is 2. The zero-order valence-corrected chi connectivity index (χ0v) is 24.1. The Morgan fingerprint density at radius 1 is 0.467 bits per heavy atom. The van der Waals surface area contributed by atoms with E-state index in [1.807, 2.05) is 36.5 Å². The molecule has 0 aliphatic carbocycles. The van der Waals surface area contributed by atoms with Crippen LogP contribution in [-0.4, -0.2) is 9.97 Å². The van der Waals surface area contributed by atoms with Gasteiger partial charge in [-0.05, 0) is 53.2 Å². The SMILES string of the molecule is c1ccc2nc(N3c4ccc5ccccc5c4N(c4ccc5oc6ccccc6c5c4)c4ccc5ccccc5c43)ncc2c1. The van der Waals surface area contributed by atoms with Gasteiger partial charge in [0.05, 0.1) is 28.3 Å². The van der Waals surface area contributed by atoms with E-state index in [0.29, 0.717) is 5.95 Å². The molecule has 0 N–H and O–H groups in total. The van der Waals surface area contributed by atoms with Crippen LogP contribution in [0.1, 0.15) is 0 Å². The summed E-state index contributed by atoms with van der Waals surface area (Å²) in [6, 6.07) is 48.9. The molecule has 45 heavy (non-hydrogen) atoms. The molecule has 2 aromatic heterocycles. The van der Waals surface area contributed by atoms with Crippen molar-refractivity contribution in [3.63, 3.8) is 0 Å². The Labute approximate surface area is 258 Å². The van der Waals surface area contributed by atoms with E-state index in [0.717, 1.165) is 77.4 Å². The third kappa shape index (κ3) is 3.49. The summed E-state index contributed by atoms with van der Waals surface area (Å²) in [7, 11) is 0. The molecule has 10 rings (SSSR count). The fraction of sp³-hybridized carbons (Fsp3) is 0. The Bertz CT molecular complexity index is 2640. The molecular formula is C40H24N4O. The Balaban J connectivity index is 1.34. The lowest BCUT2D eigenvalue weighted by Gasteiger charge is -2.40. The fourth-order valence-electron chi connectivity index (χ4n) is 6.96. The van der Waals surface area contributed by atoms with E-state index in [2.05, 4.69) is 119 Å². The van der Waals surface area contributed by atoms with Gasteiger partial charge >= 0.3 is 0 Å². The van der Waals surface area contributed by atoms with Crippen molar-refractivity contribution < 1.29 is 4.42 Å². The van der Waals surface area contributed by atoms with Crippen molar-refractivity contribution in [2.75, 3.05) is 9.80 Å². The Hall–Kier alpha value is -6.20. The fourth-order valence-corrected chi connectivity index (χ4v) is 6.96. The highest BCUT2D eigenvalue weighted by Crippen LogP contribution is 2.58.